The number of rotatable bonds is 5. The van der Waals surface area contributed by atoms with Crippen LogP contribution >= 0.6 is 0 Å². The Labute approximate surface area is 159 Å². The number of ether oxygens (including phenoxy) is 1. The van der Waals surface area contributed by atoms with E-state index >= 15 is 0 Å². The fourth-order valence-corrected chi connectivity index (χ4v) is 4.25. The van der Waals surface area contributed by atoms with Crippen LogP contribution in [0.4, 0.5) is 10.5 Å². The Morgan fingerprint density at radius 2 is 1.85 bits per heavy atom. The molecular weight excluding hydrogens is 370 g/mol. The fourth-order valence-electron chi connectivity index (χ4n) is 3.37. The summed E-state index contributed by atoms with van der Waals surface area (Å²) in [5.41, 5.74) is 1.88. The number of aryl methyl sites for hydroxylation is 1. The molecule has 0 radical (unpaired) electrons. The van der Waals surface area contributed by atoms with E-state index in [0.29, 0.717) is 32.5 Å². The maximum atomic E-state index is 12.3. The van der Waals surface area contributed by atoms with Crippen molar-refractivity contribution < 1.29 is 22.7 Å². The van der Waals surface area contributed by atoms with Crippen LogP contribution in [0.3, 0.4) is 0 Å². The Kier molecular flexibility index (Phi) is 5.71. The first kappa shape index (κ1) is 19.6. The number of nitrogens with zero attached hydrogens (tertiary/aromatic N) is 2. The van der Waals surface area contributed by atoms with Crippen molar-refractivity contribution in [3.63, 3.8) is 0 Å². The van der Waals surface area contributed by atoms with Gasteiger partial charge in [-0.3, -0.25) is 9.69 Å². The van der Waals surface area contributed by atoms with E-state index in [1.54, 1.807) is 4.90 Å². The number of benzene rings is 1. The molecule has 0 bridgehead atoms. The van der Waals surface area contributed by atoms with Crippen molar-refractivity contribution in [2.75, 3.05) is 37.3 Å². The topological polar surface area (TPSA) is 96.0 Å². The maximum absolute atomic E-state index is 12.3. The first-order chi connectivity index (χ1) is 12.7. The lowest BCUT2D eigenvalue weighted by atomic mass is 9.97. The normalized spacial score (nSPS) is 21.9. The minimum Gasteiger partial charge on any atom is -0.442 e. The van der Waals surface area contributed by atoms with Crippen LogP contribution in [-0.2, 0) is 19.6 Å². The smallest absolute Gasteiger partial charge is 0.414 e. The number of carbonyl (C=O) groups excluding carboxylic acids is 2. The fraction of sp³-hybridized carbons (Fsp3) is 0.556. The minimum absolute atomic E-state index is 0.118. The van der Waals surface area contributed by atoms with Gasteiger partial charge in [-0.1, -0.05) is 17.7 Å². The first-order valence-corrected chi connectivity index (χ1v) is 10.9. The molecule has 1 unspecified atom stereocenters. The zero-order valence-electron chi connectivity index (χ0n) is 15.6. The molecule has 27 heavy (non-hydrogen) atoms. The molecule has 8 nitrogen and oxygen atoms in total. The Morgan fingerprint density at radius 1 is 1.22 bits per heavy atom. The monoisotopic (exact) mass is 395 g/mol. The van der Waals surface area contributed by atoms with Gasteiger partial charge < -0.3 is 10.1 Å². The van der Waals surface area contributed by atoms with E-state index in [2.05, 4.69) is 5.32 Å². The third-order valence-electron chi connectivity index (χ3n) is 5.02. The largest absolute Gasteiger partial charge is 0.442 e. The molecular formula is C18H25N3O5S. The highest BCUT2D eigenvalue weighted by Gasteiger charge is 2.34. The van der Waals surface area contributed by atoms with E-state index < -0.39 is 22.2 Å². The van der Waals surface area contributed by atoms with Gasteiger partial charge in [0.25, 0.3) is 0 Å². The van der Waals surface area contributed by atoms with E-state index in [4.69, 9.17) is 4.74 Å². The van der Waals surface area contributed by atoms with E-state index in [1.165, 1.54) is 10.6 Å². The van der Waals surface area contributed by atoms with Gasteiger partial charge in [-0.25, -0.2) is 17.5 Å². The number of anilines is 1. The average molecular weight is 395 g/mol. The Hall–Kier alpha value is -2.13. The third kappa shape index (κ3) is 4.78. The van der Waals surface area contributed by atoms with Crippen molar-refractivity contribution in [1.82, 2.24) is 9.62 Å². The van der Waals surface area contributed by atoms with Gasteiger partial charge in [0, 0.05) is 24.7 Å². The number of carbonyl (C=O) groups is 2. The van der Waals surface area contributed by atoms with E-state index in [1.807, 2.05) is 31.2 Å². The molecule has 2 fully saturated rings. The van der Waals surface area contributed by atoms with E-state index in [0.717, 1.165) is 11.3 Å². The summed E-state index contributed by atoms with van der Waals surface area (Å²) in [5.74, 6) is -0.332. The van der Waals surface area contributed by atoms with Crippen molar-refractivity contribution in [3.05, 3.63) is 29.8 Å². The highest BCUT2D eigenvalue weighted by molar-refractivity contribution is 7.88. The summed E-state index contributed by atoms with van der Waals surface area (Å²) in [7, 11) is -3.20. The van der Waals surface area contributed by atoms with E-state index in [-0.39, 0.29) is 18.4 Å². The van der Waals surface area contributed by atoms with Crippen LogP contribution in [0.2, 0.25) is 0 Å². The summed E-state index contributed by atoms with van der Waals surface area (Å²) >= 11 is 0. The number of hydrogen-bond donors (Lipinski definition) is 1. The second kappa shape index (κ2) is 7.85. The van der Waals surface area contributed by atoms with Gasteiger partial charge in [-0.15, -0.1) is 0 Å². The summed E-state index contributed by atoms with van der Waals surface area (Å²) in [6.07, 6.45) is 1.36. The van der Waals surface area contributed by atoms with Gasteiger partial charge in [-0.2, -0.15) is 0 Å². The Balaban J connectivity index is 1.47. The molecule has 0 spiro atoms. The molecule has 0 saturated carbocycles. The molecule has 0 aliphatic carbocycles. The zero-order chi connectivity index (χ0) is 19.6. The first-order valence-electron chi connectivity index (χ1n) is 9.01. The molecule has 0 aromatic heterocycles. The molecule has 1 atom stereocenters. The van der Waals surface area contributed by atoms with Crippen molar-refractivity contribution in [3.8, 4) is 0 Å². The van der Waals surface area contributed by atoms with Crippen molar-refractivity contribution >= 4 is 27.7 Å². The number of cyclic esters (lactones) is 1. The van der Waals surface area contributed by atoms with Crippen LogP contribution in [-0.4, -0.2) is 63.3 Å². The molecule has 2 aliphatic heterocycles. The molecule has 2 amide bonds. The number of sulfonamides is 1. The minimum atomic E-state index is -3.20. The Morgan fingerprint density at radius 3 is 2.44 bits per heavy atom. The van der Waals surface area contributed by atoms with Crippen molar-refractivity contribution in [1.29, 1.82) is 0 Å². The van der Waals surface area contributed by atoms with E-state index in [9.17, 15) is 18.0 Å². The summed E-state index contributed by atoms with van der Waals surface area (Å²) in [6.45, 7) is 3.33. The van der Waals surface area contributed by atoms with Crippen LogP contribution in [0.25, 0.3) is 0 Å². The predicted molar refractivity (Wildman–Crippen MR) is 101 cm³/mol. The van der Waals surface area contributed by atoms with Crippen molar-refractivity contribution in [2.45, 2.75) is 25.9 Å². The predicted octanol–water partition coefficient (Wildman–Crippen LogP) is 1.11. The molecule has 1 aromatic carbocycles. The zero-order valence-corrected chi connectivity index (χ0v) is 16.4. The lowest BCUT2D eigenvalue weighted by Gasteiger charge is -2.29. The molecule has 2 aliphatic rings. The van der Waals surface area contributed by atoms with Gasteiger partial charge in [0.15, 0.2) is 0 Å². The highest BCUT2D eigenvalue weighted by Crippen LogP contribution is 2.22. The molecule has 1 N–H and O–H groups in total. The van der Waals surface area contributed by atoms with Gasteiger partial charge in [0.05, 0.1) is 19.3 Å². The Bertz CT molecular complexity index is 801. The van der Waals surface area contributed by atoms with Crippen LogP contribution in [0, 0.1) is 12.8 Å². The van der Waals surface area contributed by atoms with Gasteiger partial charge in [0.1, 0.15) is 6.10 Å². The van der Waals surface area contributed by atoms with Crippen LogP contribution in [0.15, 0.2) is 24.3 Å². The summed E-state index contributed by atoms with van der Waals surface area (Å²) in [6, 6.07) is 7.60. The highest BCUT2D eigenvalue weighted by atomic mass is 32.2. The summed E-state index contributed by atoms with van der Waals surface area (Å²) in [4.78, 5) is 26.0. The molecule has 148 valence electrons. The van der Waals surface area contributed by atoms with Gasteiger partial charge >= 0.3 is 6.09 Å². The van der Waals surface area contributed by atoms with Crippen molar-refractivity contribution in [2.24, 2.45) is 5.92 Å². The molecule has 1 aromatic rings. The average Bonchev–Trinajstić information content (AvgIpc) is 3.00. The van der Waals surface area contributed by atoms with Gasteiger partial charge in [0.2, 0.25) is 15.9 Å². The third-order valence-corrected chi connectivity index (χ3v) is 6.32. The van der Waals surface area contributed by atoms with Crippen LogP contribution < -0.4 is 10.2 Å². The number of hydrogen-bond acceptors (Lipinski definition) is 5. The molecule has 9 heteroatoms. The number of amides is 2. The maximum Gasteiger partial charge on any atom is 0.414 e. The summed E-state index contributed by atoms with van der Waals surface area (Å²) in [5, 5.41) is 2.84. The van der Waals surface area contributed by atoms with Crippen LogP contribution in [0.5, 0.6) is 0 Å². The van der Waals surface area contributed by atoms with Crippen LogP contribution in [0.1, 0.15) is 18.4 Å². The summed E-state index contributed by atoms with van der Waals surface area (Å²) < 4.78 is 29.8. The number of piperidine rings is 1. The second-order valence-corrected chi connectivity index (χ2v) is 9.12. The lowest BCUT2D eigenvalue weighted by molar-refractivity contribution is -0.126. The second-order valence-electron chi connectivity index (χ2n) is 7.13. The molecule has 2 saturated heterocycles. The number of nitrogens with one attached hydrogen (secondary N) is 1. The molecule has 3 rings (SSSR count). The molecule has 2 heterocycles. The lowest BCUT2D eigenvalue weighted by Crippen LogP contribution is -2.44. The SMILES string of the molecule is Cc1ccc(N2CC(CNC(=O)C3CCN(S(C)(=O)=O)CC3)OC2=O)cc1. The quantitative estimate of drug-likeness (QED) is 0.806. The van der Waals surface area contributed by atoms with Gasteiger partial charge in [-0.05, 0) is 31.9 Å². The standard InChI is InChI=1S/C18H25N3O5S/c1-13-3-5-15(6-4-13)21-12-16(26-18(21)23)11-19-17(22)14-7-9-20(10-8-14)27(2,24)25/h3-6,14,16H,7-12H2,1-2H3,(H,19,22).